The second-order valence-electron chi connectivity index (χ2n) is 7.93. The summed E-state index contributed by atoms with van der Waals surface area (Å²) in [5.74, 6) is 1.46. The normalized spacial score (nSPS) is 19.0. The zero-order valence-electron chi connectivity index (χ0n) is 17.1. The van der Waals surface area contributed by atoms with Gasteiger partial charge in [-0.1, -0.05) is 24.2 Å². The summed E-state index contributed by atoms with van der Waals surface area (Å²) in [6.07, 6.45) is 2.07. The zero-order chi connectivity index (χ0) is 21.1. The maximum atomic E-state index is 13.2. The smallest absolute Gasteiger partial charge is 0.257 e. The lowest BCUT2D eigenvalue weighted by atomic mass is 9.81. The third-order valence-corrected chi connectivity index (χ3v) is 5.62. The number of benzene rings is 2. The Bertz CT molecular complexity index is 1020. The van der Waals surface area contributed by atoms with Crippen molar-refractivity contribution in [3.8, 4) is 17.2 Å². The number of methoxy groups -OCH3 is 1. The molecule has 1 fully saturated rings. The molecule has 0 N–H and O–H groups in total. The van der Waals surface area contributed by atoms with Crippen LogP contribution in [0.2, 0.25) is 0 Å². The molecule has 0 radical (unpaired) electrons. The van der Waals surface area contributed by atoms with Crippen molar-refractivity contribution in [1.29, 1.82) is 0 Å². The van der Waals surface area contributed by atoms with E-state index in [4.69, 9.17) is 9.26 Å². The number of rotatable bonds is 5. The van der Waals surface area contributed by atoms with E-state index in [-0.39, 0.29) is 11.7 Å². The van der Waals surface area contributed by atoms with Crippen LogP contribution in [0.5, 0.6) is 5.75 Å². The predicted molar refractivity (Wildman–Crippen MR) is 110 cm³/mol. The van der Waals surface area contributed by atoms with Gasteiger partial charge in [0.05, 0.1) is 13.5 Å². The van der Waals surface area contributed by atoms with Gasteiger partial charge >= 0.3 is 0 Å². The van der Waals surface area contributed by atoms with Crippen LogP contribution in [0.4, 0.5) is 4.39 Å². The van der Waals surface area contributed by atoms with E-state index in [2.05, 4.69) is 17.1 Å². The van der Waals surface area contributed by atoms with E-state index in [1.54, 1.807) is 19.2 Å². The highest BCUT2D eigenvalue weighted by atomic mass is 19.1. The van der Waals surface area contributed by atoms with Crippen LogP contribution in [0.15, 0.2) is 53.1 Å². The third kappa shape index (κ3) is 4.20. The average Bonchev–Trinajstić information content (AvgIpc) is 3.26. The van der Waals surface area contributed by atoms with Crippen molar-refractivity contribution in [3.05, 3.63) is 65.7 Å². The van der Waals surface area contributed by atoms with E-state index in [1.165, 1.54) is 12.1 Å². The number of carbonyl (C=O) groups is 1. The molecule has 1 saturated heterocycles. The van der Waals surface area contributed by atoms with E-state index in [0.717, 1.165) is 24.2 Å². The monoisotopic (exact) mass is 409 g/mol. The van der Waals surface area contributed by atoms with Crippen molar-refractivity contribution >= 4 is 5.91 Å². The van der Waals surface area contributed by atoms with E-state index < -0.39 is 5.41 Å². The van der Waals surface area contributed by atoms with Gasteiger partial charge in [-0.2, -0.15) is 4.98 Å². The van der Waals surface area contributed by atoms with Crippen molar-refractivity contribution < 1.29 is 18.4 Å². The Morgan fingerprint density at radius 2 is 1.93 bits per heavy atom. The Morgan fingerprint density at radius 3 is 2.63 bits per heavy atom. The molecule has 2 heterocycles. The highest BCUT2D eigenvalue weighted by Gasteiger charge is 2.38. The standard InChI is InChI=1S/C23H24FN3O3/c1-23(22-25-21(30-26-22)17-6-8-18(24)9-7-17)12-3-13-27(15-23)20(28)14-16-4-10-19(29-2)11-5-16/h4-11H,3,12-15H2,1-2H3. The van der Waals surface area contributed by atoms with E-state index in [0.29, 0.717) is 36.8 Å². The van der Waals surface area contributed by atoms with Gasteiger partial charge in [-0.15, -0.1) is 0 Å². The quantitative estimate of drug-likeness (QED) is 0.637. The molecule has 0 saturated carbocycles. The number of ether oxygens (including phenoxy) is 1. The number of nitrogens with zero attached hydrogens (tertiary/aromatic N) is 3. The fourth-order valence-corrected chi connectivity index (χ4v) is 3.84. The minimum atomic E-state index is -0.393. The lowest BCUT2D eigenvalue weighted by Gasteiger charge is -2.38. The fourth-order valence-electron chi connectivity index (χ4n) is 3.84. The van der Waals surface area contributed by atoms with Crippen molar-refractivity contribution in [2.45, 2.75) is 31.6 Å². The second kappa shape index (κ2) is 8.26. The molecular formula is C23H24FN3O3. The van der Waals surface area contributed by atoms with Gasteiger partial charge in [0.1, 0.15) is 11.6 Å². The molecule has 4 rings (SSSR count). The molecule has 3 aromatic rings. The van der Waals surface area contributed by atoms with Crippen molar-refractivity contribution in [2.24, 2.45) is 0 Å². The molecule has 156 valence electrons. The van der Waals surface area contributed by atoms with Crippen molar-refractivity contribution in [2.75, 3.05) is 20.2 Å². The van der Waals surface area contributed by atoms with E-state index >= 15 is 0 Å². The lowest BCUT2D eigenvalue weighted by molar-refractivity contribution is -0.132. The van der Waals surface area contributed by atoms with Gasteiger partial charge in [-0.25, -0.2) is 4.39 Å². The first kappa shape index (κ1) is 20.1. The molecule has 0 spiro atoms. The molecule has 30 heavy (non-hydrogen) atoms. The molecule has 2 aromatic carbocycles. The largest absolute Gasteiger partial charge is 0.497 e. The summed E-state index contributed by atoms with van der Waals surface area (Å²) in [5, 5.41) is 4.18. The van der Waals surface area contributed by atoms with Gasteiger partial charge in [-0.05, 0) is 54.8 Å². The summed E-state index contributed by atoms with van der Waals surface area (Å²) in [4.78, 5) is 19.3. The second-order valence-corrected chi connectivity index (χ2v) is 7.93. The van der Waals surface area contributed by atoms with Crippen molar-refractivity contribution in [1.82, 2.24) is 15.0 Å². The van der Waals surface area contributed by atoms with Crippen LogP contribution in [0.25, 0.3) is 11.5 Å². The summed E-state index contributed by atoms with van der Waals surface area (Å²) in [7, 11) is 1.62. The summed E-state index contributed by atoms with van der Waals surface area (Å²) in [5.41, 5.74) is 1.23. The van der Waals surface area contributed by atoms with Gasteiger partial charge in [0, 0.05) is 24.1 Å². The minimum Gasteiger partial charge on any atom is -0.497 e. The first-order valence-electron chi connectivity index (χ1n) is 9.98. The number of carbonyl (C=O) groups excluding carboxylic acids is 1. The average molecular weight is 409 g/mol. The Hall–Kier alpha value is -3.22. The predicted octanol–water partition coefficient (Wildman–Crippen LogP) is 4.01. The van der Waals surface area contributed by atoms with Gasteiger partial charge in [0.2, 0.25) is 5.91 Å². The van der Waals surface area contributed by atoms with Crippen LogP contribution in [0.1, 0.15) is 31.2 Å². The van der Waals surface area contributed by atoms with Gasteiger partial charge in [0.15, 0.2) is 5.82 Å². The highest BCUT2D eigenvalue weighted by molar-refractivity contribution is 5.79. The van der Waals surface area contributed by atoms with Gasteiger partial charge < -0.3 is 14.2 Å². The molecule has 1 unspecified atom stereocenters. The summed E-state index contributed by atoms with van der Waals surface area (Å²) < 4.78 is 23.8. The highest BCUT2D eigenvalue weighted by Crippen LogP contribution is 2.33. The Balaban J connectivity index is 1.46. The van der Waals surface area contributed by atoms with Crippen LogP contribution < -0.4 is 4.74 Å². The number of amides is 1. The van der Waals surface area contributed by atoms with Gasteiger partial charge in [-0.3, -0.25) is 4.79 Å². The van der Waals surface area contributed by atoms with Crippen LogP contribution in [0, 0.1) is 5.82 Å². The lowest BCUT2D eigenvalue weighted by Crippen LogP contribution is -2.48. The SMILES string of the molecule is COc1ccc(CC(=O)N2CCCC(C)(c3noc(-c4ccc(F)cc4)n3)C2)cc1. The Morgan fingerprint density at radius 1 is 1.20 bits per heavy atom. The van der Waals surface area contributed by atoms with Crippen LogP contribution >= 0.6 is 0 Å². The maximum absolute atomic E-state index is 13.2. The van der Waals surface area contributed by atoms with Gasteiger partial charge in [0.25, 0.3) is 5.89 Å². The molecule has 7 heteroatoms. The number of piperidine rings is 1. The summed E-state index contributed by atoms with van der Waals surface area (Å²) in [6.45, 7) is 3.30. The number of hydrogen-bond donors (Lipinski definition) is 0. The minimum absolute atomic E-state index is 0.0772. The number of hydrogen-bond acceptors (Lipinski definition) is 5. The fraction of sp³-hybridized carbons (Fsp3) is 0.348. The molecule has 1 aliphatic heterocycles. The number of likely N-dealkylation sites (tertiary alicyclic amines) is 1. The first-order valence-corrected chi connectivity index (χ1v) is 9.98. The van der Waals surface area contributed by atoms with Crippen molar-refractivity contribution in [3.63, 3.8) is 0 Å². The molecular weight excluding hydrogens is 385 g/mol. The van der Waals surface area contributed by atoms with Crippen LogP contribution in [-0.4, -0.2) is 41.1 Å². The third-order valence-electron chi connectivity index (χ3n) is 5.62. The van der Waals surface area contributed by atoms with Crippen LogP contribution in [-0.2, 0) is 16.6 Å². The van der Waals surface area contributed by atoms with E-state index in [9.17, 15) is 9.18 Å². The Kier molecular flexibility index (Phi) is 5.53. The zero-order valence-corrected chi connectivity index (χ0v) is 17.1. The molecule has 0 aliphatic carbocycles. The first-order chi connectivity index (χ1) is 14.5. The summed E-state index contributed by atoms with van der Waals surface area (Å²) >= 11 is 0. The molecule has 1 atom stereocenters. The Labute approximate surface area is 174 Å². The molecule has 0 bridgehead atoms. The van der Waals surface area contributed by atoms with E-state index in [1.807, 2.05) is 29.2 Å². The maximum Gasteiger partial charge on any atom is 0.257 e. The van der Waals surface area contributed by atoms with Crippen LogP contribution in [0.3, 0.4) is 0 Å². The molecule has 6 nitrogen and oxygen atoms in total. The number of halogens is 1. The molecule has 1 aliphatic rings. The molecule has 1 amide bonds. The summed E-state index contributed by atoms with van der Waals surface area (Å²) in [6, 6.07) is 13.5. The number of aromatic nitrogens is 2. The topological polar surface area (TPSA) is 68.5 Å². The molecule has 1 aromatic heterocycles.